The van der Waals surface area contributed by atoms with Crippen LogP contribution in [0, 0.1) is 0 Å². The molecule has 0 radical (unpaired) electrons. The number of imidazole rings is 2. The van der Waals surface area contributed by atoms with Crippen LogP contribution in [0.5, 0.6) is 0 Å². The minimum Gasteiger partial charge on any atom is -0.335 e. The molecule has 0 unspecified atom stereocenters. The highest BCUT2D eigenvalue weighted by Gasteiger charge is 2.14. The molecule has 3 aromatic heterocycles. The van der Waals surface area contributed by atoms with E-state index in [0.717, 1.165) is 35.8 Å². The van der Waals surface area contributed by atoms with E-state index >= 15 is 0 Å². The summed E-state index contributed by atoms with van der Waals surface area (Å²) in [5.74, 6) is 0.854. The summed E-state index contributed by atoms with van der Waals surface area (Å²) in [6.07, 6.45) is 5.54. The van der Waals surface area contributed by atoms with Gasteiger partial charge in [-0.3, -0.25) is 0 Å². The van der Waals surface area contributed by atoms with Crippen molar-refractivity contribution in [3.05, 3.63) is 30.9 Å². The molecule has 0 spiro atoms. The maximum Gasteiger partial charge on any atom is 0.162 e. The quantitative estimate of drug-likeness (QED) is 0.763. The van der Waals surface area contributed by atoms with E-state index in [1.165, 1.54) is 0 Å². The van der Waals surface area contributed by atoms with Crippen LogP contribution in [-0.2, 0) is 13.1 Å². The van der Waals surface area contributed by atoms with Gasteiger partial charge in [-0.2, -0.15) is 0 Å². The highest BCUT2D eigenvalue weighted by atomic mass is 15.2. The van der Waals surface area contributed by atoms with Gasteiger partial charge in [-0.1, -0.05) is 0 Å². The molecule has 6 nitrogen and oxygen atoms in total. The molecule has 0 bridgehead atoms. The van der Waals surface area contributed by atoms with Crippen molar-refractivity contribution in [2.75, 3.05) is 6.54 Å². The summed E-state index contributed by atoms with van der Waals surface area (Å²) < 4.78 is 4.05. The van der Waals surface area contributed by atoms with Crippen LogP contribution in [0.1, 0.15) is 6.92 Å². The summed E-state index contributed by atoms with van der Waals surface area (Å²) in [6.45, 7) is 4.25. The van der Waals surface area contributed by atoms with Gasteiger partial charge in [0, 0.05) is 32.0 Å². The summed E-state index contributed by atoms with van der Waals surface area (Å²) in [5, 5.41) is 0. The van der Waals surface area contributed by atoms with E-state index < -0.39 is 0 Å². The van der Waals surface area contributed by atoms with Crippen LogP contribution >= 0.6 is 0 Å². The van der Waals surface area contributed by atoms with Crippen LogP contribution in [0.4, 0.5) is 0 Å². The maximum absolute atomic E-state index is 5.55. The Labute approximate surface area is 110 Å². The van der Waals surface area contributed by atoms with Crippen molar-refractivity contribution in [2.45, 2.75) is 20.0 Å². The van der Waals surface area contributed by atoms with E-state index in [2.05, 4.69) is 26.4 Å². The van der Waals surface area contributed by atoms with Crippen molar-refractivity contribution < 1.29 is 0 Å². The molecular formula is C13H16N6. The van der Waals surface area contributed by atoms with Crippen LogP contribution in [0.25, 0.3) is 22.7 Å². The minimum absolute atomic E-state index is 0.599. The average molecular weight is 256 g/mol. The predicted molar refractivity (Wildman–Crippen MR) is 73.5 cm³/mol. The molecule has 0 saturated carbocycles. The molecule has 0 aliphatic rings. The molecule has 0 aliphatic heterocycles. The van der Waals surface area contributed by atoms with E-state index in [-0.39, 0.29) is 0 Å². The van der Waals surface area contributed by atoms with Crippen LogP contribution in [0.15, 0.2) is 30.9 Å². The van der Waals surface area contributed by atoms with Gasteiger partial charge in [0.2, 0.25) is 0 Å². The van der Waals surface area contributed by atoms with E-state index in [9.17, 15) is 0 Å². The van der Waals surface area contributed by atoms with Crippen molar-refractivity contribution in [1.29, 1.82) is 0 Å². The minimum atomic E-state index is 0.599. The van der Waals surface area contributed by atoms with Gasteiger partial charge < -0.3 is 14.9 Å². The SMILES string of the molecule is CCn1c(-c2cn(CCN)cn2)nc2cccnc21. The molecule has 6 heteroatoms. The molecular weight excluding hydrogens is 240 g/mol. The summed E-state index contributed by atoms with van der Waals surface area (Å²) in [5.41, 5.74) is 8.19. The van der Waals surface area contributed by atoms with Gasteiger partial charge in [0.25, 0.3) is 0 Å². The summed E-state index contributed by atoms with van der Waals surface area (Å²) in [4.78, 5) is 13.4. The van der Waals surface area contributed by atoms with Crippen LogP contribution < -0.4 is 5.73 Å². The number of aryl methyl sites for hydroxylation is 1. The molecule has 0 atom stereocenters. The van der Waals surface area contributed by atoms with Crippen molar-refractivity contribution in [2.24, 2.45) is 5.73 Å². The standard InChI is InChI=1S/C13H16N6/c1-2-19-12-10(4-3-6-15-12)17-13(19)11-8-18(7-5-14)9-16-11/h3-4,6,8-9H,2,5,7,14H2,1H3. The second-order valence-electron chi connectivity index (χ2n) is 4.31. The highest BCUT2D eigenvalue weighted by molar-refractivity contribution is 5.75. The second kappa shape index (κ2) is 4.81. The summed E-state index contributed by atoms with van der Waals surface area (Å²) >= 11 is 0. The van der Waals surface area contributed by atoms with E-state index in [1.807, 2.05) is 22.9 Å². The van der Waals surface area contributed by atoms with Gasteiger partial charge in [-0.25, -0.2) is 15.0 Å². The number of rotatable bonds is 4. The molecule has 2 N–H and O–H groups in total. The van der Waals surface area contributed by atoms with Crippen LogP contribution in [0.2, 0.25) is 0 Å². The summed E-state index contributed by atoms with van der Waals surface area (Å²) in [6, 6.07) is 3.86. The van der Waals surface area contributed by atoms with Crippen molar-refractivity contribution in [1.82, 2.24) is 24.1 Å². The molecule has 3 heterocycles. The van der Waals surface area contributed by atoms with Gasteiger partial charge in [-0.15, -0.1) is 0 Å². The lowest BCUT2D eigenvalue weighted by atomic mass is 10.4. The van der Waals surface area contributed by atoms with Gasteiger partial charge in [0.1, 0.15) is 11.2 Å². The lowest BCUT2D eigenvalue weighted by Gasteiger charge is -2.02. The fourth-order valence-corrected chi connectivity index (χ4v) is 2.20. The van der Waals surface area contributed by atoms with Crippen molar-refractivity contribution in [3.63, 3.8) is 0 Å². The Balaban J connectivity index is 2.12. The summed E-state index contributed by atoms with van der Waals surface area (Å²) in [7, 11) is 0. The second-order valence-corrected chi connectivity index (χ2v) is 4.31. The molecule has 19 heavy (non-hydrogen) atoms. The highest BCUT2D eigenvalue weighted by Crippen LogP contribution is 2.21. The first-order valence-electron chi connectivity index (χ1n) is 6.37. The number of hydrogen-bond donors (Lipinski definition) is 1. The van der Waals surface area contributed by atoms with Gasteiger partial charge >= 0.3 is 0 Å². The van der Waals surface area contributed by atoms with E-state index in [4.69, 9.17) is 5.73 Å². The van der Waals surface area contributed by atoms with Gasteiger partial charge in [-0.05, 0) is 19.1 Å². The van der Waals surface area contributed by atoms with Crippen LogP contribution in [-0.4, -0.2) is 30.6 Å². The molecule has 0 aliphatic carbocycles. The van der Waals surface area contributed by atoms with Crippen LogP contribution in [0.3, 0.4) is 0 Å². The fourth-order valence-electron chi connectivity index (χ4n) is 2.20. The Bertz CT molecular complexity index is 696. The zero-order chi connectivity index (χ0) is 13.2. The fraction of sp³-hybridized carbons (Fsp3) is 0.308. The number of nitrogens with two attached hydrogens (primary N) is 1. The normalized spacial score (nSPS) is 11.3. The largest absolute Gasteiger partial charge is 0.335 e. The Kier molecular flexibility index (Phi) is 3.00. The van der Waals surface area contributed by atoms with Gasteiger partial charge in [0.15, 0.2) is 11.5 Å². The third-order valence-corrected chi connectivity index (χ3v) is 3.07. The Hall–Kier alpha value is -2.21. The van der Waals surface area contributed by atoms with Crippen molar-refractivity contribution in [3.8, 4) is 11.5 Å². The van der Waals surface area contributed by atoms with E-state index in [0.29, 0.717) is 6.54 Å². The third kappa shape index (κ3) is 2.00. The molecule has 0 aromatic carbocycles. The zero-order valence-electron chi connectivity index (χ0n) is 10.8. The first-order valence-corrected chi connectivity index (χ1v) is 6.37. The molecule has 3 aromatic rings. The first-order chi connectivity index (χ1) is 9.33. The predicted octanol–water partition coefficient (Wildman–Crippen LogP) is 1.27. The Morgan fingerprint density at radius 1 is 1.32 bits per heavy atom. The smallest absolute Gasteiger partial charge is 0.162 e. The molecule has 3 rings (SSSR count). The van der Waals surface area contributed by atoms with E-state index in [1.54, 1.807) is 12.5 Å². The number of pyridine rings is 1. The average Bonchev–Trinajstić information content (AvgIpc) is 3.02. The Morgan fingerprint density at radius 2 is 2.21 bits per heavy atom. The molecule has 0 fully saturated rings. The molecule has 0 saturated heterocycles. The number of aromatic nitrogens is 5. The van der Waals surface area contributed by atoms with Gasteiger partial charge in [0.05, 0.1) is 6.33 Å². The lowest BCUT2D eigenvalue weighted by molar-refractivity contribution is 0.707. The maximum atomic E-state index is 5.55. The number of fused-ring (bicyclic) bond motifs is 1. The number of hydrogen-bond acceptors (Lipinski definition) is 4. The van der Waals surface area contributed by atoms with Crippen molar-refractivity contribution >= 4 is 11.2 Å². The Morgan fingerprint density at radius 3 is 3.00 bits per heavy atom. The molecule has 0 amide bonds. The first kappa shape index (κ1) is 11.9. The third-order valence-electron chi connectivity index (χ3n) is 3.07. The lowest BCUT2D eigenvalue weighted by Crippen LogP contribution is -2.07. The monoisotopic (exact) mass is 256 g/mol. The number of nitrogens with zero attached hydrogens (tertiary/aromatic N) is 5. The topological polar surface area (TPSA) is 74.5 Å². The molecule has 98 valence electrons. The zero-order valence-corrected chi connectivity index (χ0v) is 10.8.